The van der Waals surface area contributed by atoms with Crippen LogP contribution in [-0.4, -0.2) is 0 Å². The molecule has 0 aliphatic heterocycles. The summed E-state index contributed by atoms with van der Waals surface area (Å²) in [5, 5.41) is 0. The van der Waals surface area contributed by atoms with Gasteiger partial charge in [0.05, 0.1) is 5.56 Å². The average Bonchev–Trinajstić information content (AvgIpc) is 3.03. The van der Waals surface area contributed by atoms with Gasteiger partial charge in [-0.25, -0.2) is 17.6 Å². The summed E-state index contributed by atoms with van der Waals surface area (Å²) >= 11 is 0. The fraction of sp³-hybridized carbons (Fsp3) is 0.724. The standard InChI is InChI=1S/C29H40F4/c1-18-6-11-21(12-7-18)28(4,5)22-13-8-19(9-14-22)17-27(2,3)24-16-20-10-15-23(30)26(31)25(20)29(24,32)33/h10,15,17-18,21-22,24H,6-9,11-14,16H2,1-5H3. The molecule has 0 aromatic heterocycles. The summed E-state index contributed by atoms with van der Waals surface area (Å²) in [7, 11) is 0. The van der Waals surface area contributed by atoms with Crippen LogP contribution in [0.1, 0.15) is 97.1 Å². The van der Waals surface area contributed by atoms with Crippen molar-refractivity contribution >= 4 is 0 Å². The molecule has 0 heterocycles. The van der Waals surface area contributed by atoms with E-state index in [1.807, 2.05) is 19.9 Å². The molecule has 184 valence electrons. The van der Waals surface area contributed by atoms with E-state index in [1.54, 1.807) is 0 Å². The zero-order chi connectivity index (χ0) is 24.2. The second kappa shape index (κ2) is 8.72. The first-order valence-electron chi connectivity index (χ1n) is 12.9. The van der Waals surface area contributed by atoms with Crippen molar-refractivity contribution in [2.24, 2.45) is 34.5 Å². The Balaban J connectivity index is 1.45. The molecule has 1 unspecified atom stereocenters. The molecule has 0 amide bonds. The van der Waals surface area contributed by atoms with Gasteiger partial charge in [0.15, 0.2) is 11.6 Å². The molecule has 4 rings (SSSR count). The number of hydrogen-bond donors (Lipinski definition) is 0. The molecule has 0 N–H and O–H groups in total. The van der Waals surface area contributed by atoms with Crippen molar-refractivity contribution in [3.63, 3.8) is 0 Å². The second-order valence-electron chi connectivity index (χ2n) is 12.5. The molecular formula is C29H40F4. The molecule has 1 aromatic carbocycles. The Hall–Kier alpha value is -1.32. The number of fused-ring (bicyclic) bond motifs is 1. The number of benzene rings is 1. The predicted molar refractivity (Wildman–Crippen MR) is 126 cm³/mol. The van der Waals surface area contributed by atoms with Crippen LogP contribution >= 0.6 is 0 Å². The highest BCUT2D eigenvalue weighted by atomic mass is 19.3. The van der Waals surface area contributed by atoms with Crippen molar-refractivity contribution in [1.29, 1.82) is 0 Å². The minimum atomic E-state index is -3.38. The van der Waals surface area contributed by atoms with E-state index in [-0.39, 0.29) is 12.0 Å². The minimum Gasteiger partial charge on any atom is -0.204 e. The summed E-state index contributed by atoms with van der Waals surface area (Å²) in [6, 6.07) is 2.29. The molecule has 3 aliphatic carbocycles. The van der Waals surface area contributed by atoms with Crippen LogP contribution in [0.5, 0.6) is 0 Å². The molecule has 0 nitrogen and oxygen atoms in total. The van der Waals surface area contributed by atoms with Gasteiger partial charge in [-0.3, -0.25) is 0 Å². The van der Waals surface area contributed by atoms with Crippen LogP contribution in [-0.2, 0) is 12.3 Å². The quantitative estimate of drug-likeness (QED) is 0.308. The number of alkyl halides is 2. The van der Waals surface area contributed by atoms with Crippen molar-refractivity contribution in [2.45, 2.75) is 98.3 Å². The highest BCUT2D eigenvalue weighted by molar-refractivity contribution is 5.40. The van der Waals surface area contributed by atoms with E-state index < -0.39 is 34.5 Å². The number of rotatable bonds is 4. The number of halogens is 4. The number of hydrogen-bond acceptors (Lipinski definition) is 0. The Labute approximate surface area is 197 Å². The van der Waals surface area contributed by atoms with Gasteiger partial charge in [-0.05, 0) is 85.2 Å². The van der Waals surface area contributed by atoms with Gasteiger partial charge in [0, 0.05) is 5.92 Å². The number of allylic oxidation sites excluding steroid dienone is 2. The molecule has 0 bridgehead atoms. The molecule has 3 aliphatic rings. The average molecular weight is 465 g/mol. The first-order chi connectivity index (χ1) is 15.3. The maximum absolute atomic E-state index is 15.3. The maximum atomic E-state index is 15.3. The van der Waals surface area contributed by atoms with Crippen LogP contribution < -0.4 is 0 Å². The highest BCUT2D eigenvalue weighted by Crippen LogP contribution is 2.56. The van der Waals surface area contributed by atoms with Crippen molar-refractivity contribution in [2.75, 3.05) is 0 Å². The molecule has 2 saturated carbocycles. The zero-order valence-corrected chi connectivity index (χ0v) is 20.9. The van der Waals surface area contributed by atoms with Crippen LogP contribution in [0.4, 0.5) is 17.6 Å². The predicted octanol–water partition coefficient (Wildman–Crippen LogP) is 9.22. The first-order valence-corrected chi connectivity index (χ1v) is 12.9. The molecule has 0 spiro atoms. The fourth-order valence-electron chi connectivity index (χ4n) is 7.21. The molecular weight excluding hydrogens is 424 g/mol. The Morgan fingerprint density at radius 1 is 0.879 bits per heavy atom. The van der Waals surface area contributed by atoms with E-state index in [4.69, 9.17) is 0 Å². The largest absolute Gasteiger partial charge is 0.280 e. The maximum Gasteiger partial charge on any atom is 0.280 e. The Kier molecular flexibility index (Phi) is 6.55. The lowest BCUT2D eigenvalue weighted by Gasteiger charge is -2.46. The Bertz CT molecular complexity index is 892. The van der Waals surface area contributed by atoms with Gasteiger partial charge in [-0.15, -0.1) is 0 Å². The van der Waals surface area contributed by atoms with Gasteiger partial charge in [0.1, 0.15) is 0 Å². The molecule has 1 atom stereocenters. The lowest BCUT2D eigenvalue weighted by Crippen LogP contribution is -2.37. The van der Waals surface area contributed by atoms with Crippen LogP contribution in [0.25, 0.3) is 0 Å². The Morgan fingerprint density at radius 2 is 1.45 bits per heavy atom. The van der Waals surface area contributed by atoms with E-state index in [1.165, 1.54) is 37.3 Å². The molecule has 2 fully saturated rings. The molecule has 33 heavy (non-hydrogen) atoms. The van der Waals surface area contributed by atoms with Gasteiger partial charge in [0.2, 0.25) is 0 Å². The van der Waals surface area contributed by atoms with Crippen LogP contribution in [0.3, 0.4) is 0 Å². The van der Waals surface area contributed by atoms with E-state index in [0.717, 1.165) is 43.6 Å². The SMILES string of the molecule is CC1CCC(C(C)(C)C2CCC(=CC(C)(C)C3Cc4ccc(F)c(F)c4C3(F)F)CC2)CC1. The highest BCUT2D eigenvalue weighted by Gasteiger charge is 2.56. The monoisotopic (exact) mass is 464 g/mol. The van der Waals surface area contributed by atoms with Gasteiger partial charge in [0.25, 0.3) is 5.92 Å². The van der Waals surface area contributed by atoms with Crippen LogP contribution in [0, 0.1) is 46.1 Å². The second-order valence-corrected chi connectivity index (χ2v) is 12.5. The van der Waals surface area contributed by atoms with E-state index >= 15 is 8.78 Å². The molecule has 4 heteroatoms. The fourth-order valence-corrected chi connectivity index (χ4v) is 7.21. The van der Waals surface area contributed by atoms with Crippen molar-refractivity contribution in [3.05, 3.63) is 46.5 Å². The lowest BCUT2D eigenvalue weighted by atomic mass is 9.59. The summed E-state index contributed by atoms with van der Waals surface area (Å²) in [5.41, 5.74) is 0.280. The molecule has 0 saturated heterocycles. The smallest absolute Gasteiger partial charge is 0.204 e. The van der Waals surface area contributed by atoms with Crippen molar-refractivity contribution in [3.8, 4) is 0 Å². The van der Waals surface area contributed by atoms with E-state index in [0.29, 0.717) is 11.3 Å². The van der Waals surface area contributed by atoms with Crippen LogP contribution in [0.2, 0.25) is 0 Å². The lowest BCUT2D eigenvalue weighted by molar-refractivity contribution is -0.0874. The van der Waals surface area contributed by atoms with Crippen LogP contribution in [0.15, 0.2) is 23.8 Å². The topological polar surface area (TPSA) is 0 Å². The third-order valence-corrected chi connectivity index (χ3v) is 9.60. The summed E-state index contributed by atoms with van der Waals surface area (Å²) in [4.78, 5) is 0. The Morgan fingerprint density at radius 3 is 2.06 bits per heavy atom. The van der Waals surface area contributed by atoms with Gasteiger partial charge in [-0.2, -0.15) is 0 Å². The van der Waals surface area contributed by atoms with Crippen molar-refractivity contribution < 1.29 is 17.6 Å². The minimum absolute atomic E-state index is 0.0755. The zero-order valence-electron chi connectivity index (χ0n) is 20.9. The summed E-state index contributed by atoms with van der Waals surface area (Å²) in [6.45, 7) is 10.9. The third-order valence-electron chi connectivity index (χ3n) is 9.60. The first kappa shape index (κ1) is 24.8. The van der Waals surface area contributed by atoms with E-state index in [9.17, 15) is 8.78 Å². The third kappa shape index (κ3) is 4.52. The molecule has 0 radical (unpaired) electrons. The normalized spacial score (nSPS) is 30.3. The van der Waals surface area contributed by atoms with Gasteiger partial charge >= 0.3 is 0 Å². The van der Waals surface area contributed by atoms with E-state index in [2.05, 4.69) is 20.8 Å². The summed E-state index contributed by atoms with van der Waals surface area (Å²) in [6.07, 6.45) is 11.6. The molecule has 1 aromatic rings. The summed E-state index contributed by atoms with van der Waals surface area (Å²) < 4.78 is 58.6. The van der Waals surface area contributed by atoms with Gasteiger partial charge < -0.3 is 0 Å². The summed E-state index contributed by atoms with van der Waals surface area (Å²) in [5.74, 6) is -4.72. The van der Waals surface area contributed by atoms with Crippen molar-refractivity contribution in [1.82, 2.24) is 0 Å². The van der Waals surface area contributed by atoms with Gasteiger partial charge in [-0.1, -0.05) is 65.2 Å².